The van der Waals surface area contributed by atoms with E-state index in [-0.39, 0.29) is 25.4 Å². The summed E-state index contributed by atoms with van der Waals surface area (Å²) in [6, 6.07) is -1.64. The molecular weight excluding hydrogens is 278 g/mol. The molecule has 0 bridgehead atoms. The van der Waals surface area contributed by atoms with E-state index < -0.39 is 35.8 Å². The van der Waals surface area contributed by atoms with Crippen LogP contribution in [0.4, 0.5) is 0 Å². The molecule has 1 heterocycles. The topological polar surface area (TPSA) is 128 Å². The average Bonchev–Trinajstić information content (AvgIpc) is 2.82. The third kappa shape index (κ3) is 5.05. The van der Waals surface area contributed by atoms with Gasteiger partial charge in [-0.1, -0.05) is 6.92 Å². The summed E-state index contributed by atoms with van der Waals surface area (Å²) in [5.41, 5.74) is 5.27. The molecule has 0 aromatic carbocycles. The summed E-state index contributed by atoms with van der Waals surface area (Å²) in [5.74, 6) is -2.36. The van der Waals surface area contributed by atoms with Crippen LogP contribution >= 0.6 is 0 Å². The standard InChI is InChI=1S/C13H21N3O5/c1-3-21-10(18)6-7(2)11(12(14)19)16-13(20)8-4-5-9(17)15-8/h7-8,11H,3-6H2,1-2H3,(H2,14,19)(H,15,17)(H,16,20)/t7-,8+,11-/m1/s1. The second kappa shape index (κ2) is 7.61. The Morgan fingerprint density at radius 3 is 2.62 bits per heavy atom. The molecule has 3 amide bonds. The molecule has 3 atom stereocenters. The number of nitrogens with one attached hydrogen (secondary N) is 2. The lowest BCUT2D eigenvalue weighted by Crippen LogP contribution is -2.53. The molecule has 0 aliphatic carbocycles. The first-order valence-electron chi connectivity index (χ1n) is 6.89. The summed E-state index contributed by atoms with van der Waals surface area (Å²) in [5, 5.41) is 4.99. The van der Waals surface area contributed by atoms with E-state index in [1.54, 1.807) is 13.8 Å². The smallest absolute Gasteiger partial charge is 0.306 e. The van der Waals surface area contributed by atoms with Crippen LogP contribution in [0.1, 0.15) is 33.1 Å². The number of esters is 1. The third-order valence-corrected chi connectivity index (χ3v) is 3.28. The predicted octanol–water partition coefficient (Wildman–Crippen LogP) is -1.18. The highest BCUT2D eigenvalue weighted by Gasteiger charge is 2.32. The van der Waals surface area contributed by atoms with Gasteiger partial charge in [-0.05, 0) is 19.3 Å². The van der Waals surface area contributed by atoms with Crippen LogP contribution in [0, 0.1) is 5.92 Å². The molecule has 1 aliphatic rings. The molecule has 1 saturated heterocycles. The van der Waals surface area contributed by atoms with Crippen molar-refractivity contribution in [2.45, 2.75) is 45.2 Å². The van der Waals surface area contributed by atoms with E-state index in [1.807, 2.05) is 0 Å². The van der Waals surface area contributed by atoms with Gasteiger partial charge in [0.1, 0.15) is 12.1 Å². The van der Waals surface area contributed by atoms with Gasteiger partial charge in [-0.2, -0.15) is 0 Å². The fourth-order valence-electron chi connectivity index (χ4n) is 2.16. The molecule has 118 valence electrons. The van der Waals surface area contributed by atoms with Gasteiger partial charge in [0.15, 0.2) is 0 Å². The van der Waals surface area contributed by atoms with Crippen LogP contribution in [0.2, 0.25) is 0 Å². The molecule has 0 aromatic rings. The van der Waals surface area contributed by atoms with Crippen molar-refractivity contribution in [1.82, 2.24) is 10.6 Å². The molecule has 1 aliphatic heterocycles. The minimum absolute atomic E-state index is 0.0290. The Balaban J connectivity index is 2.60. The lowest BCUT2D eigenvalue weighted by Gasteiger charge is -2.23. The maximum atomic E-state index is 12.0. The summed E-state index contributed by atoms with van der Waals surface area (Å²) in [7, 11) is 0. The van der Waals surface area contributed by atoms with Gasteiger partial charge in [0.25, 0.3) is 0 Å². The summed E-state index contributed by atoms with van der Waals surface area (Å²) in [4.78, 5) is 45.9. The molecule has 0 spiro atoms. The minimum Gasteiger partial charge on any atom is -0.466 e. The zero-order chi connectivity index (χ0) is 16.0. The van der Waals surface area contributed by atoms with Crippen molar-refractivity contribution in [3.63, 3.8) is 0 Å². The Kier molecular flexibility index (Phi) is 6.13. The third-order valence-electron chi connectivity index (χ3n) is 3.28. The van der Waals surface area contributed by atoms with Crippen LogP contribution in [0.25, 0.3) is 0 Å². The Hall–Kier alpha value is -2.12. The van der Waals surface area contributed by atoms with Crippen LogP contribution < -0.4 is 16.4 Å². The van der Waals surface area contributed by atoms with E-state index >= 15 is 0 Å². The Labute approximate surface area is 122 Å². The predicted molar refractivity (Wildman–Crippen MR) is 72.7 cm³/mol. The van der Waals surface area contributed by atoms with Gasteiger partial charge in [0, 0.05) is 6.42 Å². The van der Waals surface area contributed by atoms with Gasteiger partial charge in [-0.25, -0.2) is 0 Å². The van der Waals surface area contributed by atoms with E-state index in [2.05, 4.69) is 10.6 Å². The SMILES string of the molecule is CCOC(=O)C[C@@H](C)[C@@H](NC(=O)[C@@H]1CCC(=O)N1)C(N)=O. The molecule has 0 radical (unpaired) electrons. The normalized spacial score (nSPS) is 20.3. The van der Waals surface area contributed by atoms with E-state index in [1.165, 1.54) is 0 Å². The van der Waals surface area contributed by atoms with Crippen LogP contribution in [-0.2, 0) is 23.9 Å². The summed E-state index contributed by atoms with van der Waals surface area (Å²) in [6.45, 7) is 3.55. The lowest BCUT2D eigenvalue weighted by molar-refractivity contribution is -0.145. The van der Waals surface area contributed by atoms with Crippen molar-refractivity contribution in [1.29, 1.82) is 0 Å². The van der Waals surface area contributed by atoms with Gasteiger partial charge in [0.2, 0.25) is 17.7 Å². The molecule has 4 N–H and O–H groups in total. The molecular formula is C13H21N3O5. The Bertz CT molecular complexity index is 438. The van der Waals surface area contributed by atoms with E-state index in [4.69, 9.17) is 10.5 Å². The van der Waals surface area contributed by atoms with Crippen LogP contribution in [0.15, 0.2) is 0 Å². The molecule has 21 heavy (non-hydrogen) atoms. The molecule has 0 aromatic heterocycles. The first-order chi connectivity index (χ1) is 9.85. The maximum absolute atomic E-state index is 12.0. The van der Waals surface area contributed by atoms with E-state index in [0.717, 1.165) is 0 Å². The van der Waals surface area contributed by atoms with E-state index in [0.29, 0.717) is 6.42 Å². The summed E-state index contributed by atoms with van der Waals surface area (Å²) in [6.07, 6.45) is 0.624. The molecule has 8 nitrogen and oxygen atoms in total. The quantitative estimate of drug-likeness (QED) is 0.510. The summed E-state index contributed by atoms with van der Waals surface area (Å²) >= 11 is 0. The number of hydrogen-bond donors (Lipinski definition) is 3. The molecule has 0 saturated carbocycles. The second-order valence-corrected chi connectivity index (χ2v) is 5.03. The van der Waals surface area contributed by atoms with Crippen molar-refractivity contribution in [3.05, 3.63) is 0 Å². The van der Waals surface area contributed by atoms with Crippen LogP contribution in [0.5, 0.6) is 0 Å². The monoisotopic (exact) mass is 299 g/mol. The minimum atomic E-state index is -0.987. The fourth-order valence-corrected chi connectivity index (χ4v) is 2.16. The number of nitrogens with two attached hydrogens (primary N) is 1. The zero-order valence-corrected chi connectivity index (χ0v) is 12.2. The number of rotatable bonds is 7. The number of ether oxygens (including phenoxy) is 1. The van der Waals surface area contributed by atoms with Gasteiger partial charge >= 0.3 is 5.97 Å². The number of amides is 3. The van der Waals surface area contributed by atoms with Crippen molar-refractivity contribution < 1.29 is 23.9 Å². The largest absolute Gasteiger partial charge is 0.466 e. The van der Waals surface area contributed by atoms with Crippen molar-refractivity contribution >= 4 is 23.7 Å². The lowest BCUT2D eigenvalue weighted by atomic mass is 9.97. The number of primary amides is 1. The number of carbonyl (C=O) groups is 4. The summed E-state index contributed by atoms with van der Waals surface area (Å²) < 4.78 is 4.80. The number of carbonyl (C=O) groups excluding carboxylic acids is 4. The number of hydrogen-bond acceptors (Lipinski definition) is 5. The van der Waals surface area contributed by atoms with Gasteiger partial charge in [-0.15, -0.1) is 0 Å². The van der Waals surface area contributed by atoms with Gasteiger partial charge < -0.3 is 21.1 Å². The van der Waals surface area contributed by atoms with Crippen LogP contribution in [-0.4, -0.2) is 42.4 Å². The maximum Gasteiger partial charge on any atom is 0.306 e. The highest BCUT2D eigenvalue weighted by Crippen LogP contribution is 2.12. The molecule has 1 rings (SSSR count). The Morgan fingerprint density at radius 1 is 1.48 bits per heavy atom. The van der Waals surface area contributed by atoms with Crippen LogP contribution in [0.3, 0.4) is 0 Å². The zero-order valence-electron chi connectivity index (χ0n) is 12.2. The van der Waals surface area contributed by atoms with Crippen molar-refractivity contribution in [2.24, 2.45) is 11.7 Å². The fraction of sp³-hybridized carbons (Fsp3) is 0.692. The van der Waals surface area contributed by atoms with Gasteiger partial charge in [-0.3, -0.25) is 19.2 Å². The molecule has 0 unspecified atom stereocenters. The highest BCUT2D eigenvalue weighted by molar-refractivity contribution is 5.93. The Morgan fingerprint density at radius 2 is 2.14 bits per heavy atom. The van der Waals surface area contributed by atoms with Gasteiger partial charge in [0.05, 0.1) is 13.0 Å². The van der Waals surface area contributed by atoms with Crippen molar-refractivity contribution in [2.75, 3.05) is 6.61 Å². The second-order valence-electron chi connectivity index (χ2n) is 5.03. The molecule has 8 heteroatoms. The van der Waals surface area contributed by atoms with Crippen molar-refractivity contribution in [3.8, 4) is 0 Å². The van der Waals surface area contributed by atoms with E-state index in [9.17, 15) is 19.2 Å². The first-order valence-corrected chi connectivity index (χ1v) is 6.89. The molecule has 1 fully saturated rings. The first kappa shape index (κ1) is 16.9. The highest BCUT2D eigenvalue weighted by atomic mass is 16.5. The average molecular weight is 299 g/mol.